The van der Waals surface area contributed by atoms with E-state index < -0.39 is 5.97 Å². The molecule has 2 aromatic carbocycles. The van der Waals surface area contributed by atoms with Crippen LogP contribution in [0.2, 0.25) is 0 Å². The standard InChI is InChI=1S/C20H19NO4/c1-3-13-7-6-9-14-16(11-21-19(13)14)17(22)12-25-18-10-5-4-8-15(18)20(23)24-2/h4-11,21H,3,12H2,1-2H3. The molecule has 0 unspecified atom stereocenters. The Labute approximate surface area is 145 Å². The highest BCUT2D eigenvalue weighted by Crippen LogP contribution is 2.24. The van der Waals surface area contributed by atoms with Gasteiger partial charge in [0.2, 0.25) is 5.78 Å². The number of fused-ring (bicyclic) bond motifs is 1. The first-order chi connectivity index (χ1) is 12.2. The summed E-state index contributed by atoms with van der Waals surface area (Å²) in [5, 5.41) is 0.884. The molecule has 3 rings (SSSR count). The van der Waals surface area contributed by atoms with E-state index in [9.17, 15) is 9.59 Å². The minimum Gasteiger partial charge on any atom is -0.485 e. The fraction of sp³-hybridized carbons (Fsp3) is 0.200. The molecule has 25 heavy (non-hydrogen) atoms. The Kier molecular flexibility index (Phi) is 4.84. The Hall–Kier alpha value is -3.08. The Balaban J connectivity index is 1.82. The molecular weight excluding hydrogens is 318 g/mol. The number of methoxy groups -OCH3 is 1. The minimum atomic E-state index is -0.497. The summed E-state index contributed by atoms with van der Waals surface area (Å²) in [5.41, 5.74) is 3.02. The lowest BCUT2D eigenvalue weighted by molar-refractivity contribution is 0.0594. The summed E-state index contributed by atoms with van der Waals surface area (Å²) in [4.78, 5) is 27.5. The summed E-state index contributed by atoms with van der Waals surface area (Å²) in [7, 11) is 1.31. The van der Waals surface area contributed by atoms with Gasteiger partial charge in [0.1, 0.15) is 11.3 Å². The molecule has 128 valence electrons. The fourth-order valence-corrected chi connectivity index (χ4v) is 2.83. The van der Waals surface area contributed by atoms with Crippen LogP contribution >= 0.6 is 0 Å². The number of aryl methyl sites for hydroxylation is 1. The summed E-state index contributed by atoms with van der Waals surface area (Å²) in [5.74, 6) is -0.321. The van der Waals surface area contributed by atoms with E-state index in [0.717, 1.165) is 22.9 Å². The summed E-state index contributed by atoms with van der Waals surface area (Å²) in [6, 6.07) is 12.6. The van der Waals surface area contributed by atoms with E-state index in [1.54, 1.807) is 30.5 Å². The van der Waals surface area contributed by atoms with Gasteiger partial charge in [-0.3, -0.25) is 4.79 Å². The quantitative estimate of drug-likeness (QED) is 0.549. The van der Waals surface area contributed by atoms with E-state index in [4.69, 9.17) is 9.47 Å². The smallest absolute Gasteiger partial charge is 0.341 e. The number of nitrogens with one attached hydrogen (secondary N) is 1. The van der Waals surface area contributed by atoms with Gasteiger partial charge in [-0.05, 0) is 24.1 Å². The average Bonchev–Trinajstić information content (AvgIpc) is 3.10. The van der Waals surface area contributed by atoms with Crippen molar-refractivity contribution in [2.75, 3.05) is 13.7 Å². The molecule has 0 bridgehead atoms. The maximum Gasteiger partial charge on any atom is 0.341 e. The van der Waals surface area contributed by atoms with Crippen LogP contribution in [0.1, 0.15) is 33.2 Å². The Morgan fingerprint density at radius 1 is 1.04 bits per heavy atom. The van der Waals surface area contributed by atoms with Crippen LogP contribution in [-0.2, 0) is 11.2 Å². The van der Waals surface area contributed by atoms with Gasteiger partial charge in [0.05, 0.1) is 7.11 Å². The molecule has 5 heteroatoms. The Morgan fingerprint density at radius 2 is 1.84 bits per heavy atom. The molecule has 1 N–H and O–H groups in total. The van der Waals surface area contributed by atoms with E-state index in [-0.39, 0.29) is 12.4 Å². The largest absolute Gasteiger partial charge is 0.485 e. The first kappa shape index (κ1) is 16.8. The van der Waals surface area contributed by atoms with Gasteiger partial charge in [0.15, 0.2) is 6.61 Å². The van der Waals surface area contributed by atoms with Gasteiger partial charge in [-0.15, -0.1) is 0 Å². The van der Waals surface area contributed by atoms with E-state index in [1.807, 2.05) is 18.2 Å². The van der Waals surface area contributed by atoms with Crippen molar-refractivity contribution in [2.45, 2.75) is 13.3 Å². The average molecular weight is 337 g/mol. The molecule has 0 radical (unpaired) electrons. The number of para-hydroxylation sites is 2. The van der Waals surface area contributed by atoms with Gasteiger partial charge in [-0.25, -0.2) is 4.79 Å². The number of Topliss-reactive ketones (excluding diaryl/α,β-unsaturated/α-hetero) is 1. The number of H-pyrrole nitrogens is 1. The summed E-state index contributed by atoms with van der Waals surface area (Å²) >= 11 is 0. The first-order valence-corrected chi connectivity index (χ1v) is 8.08. The van der Waals surface area contributed by atoms with Crippen molar-refractivity contribution in [3.63, 3.8) is 0 Å². The van der Waals surface area contributed by atoms with Crippen LogP contribution in [0.3, 0.4) is 0 Å². The molecule has 0 amide bonds. The molecular formula is C20H19NO4. The second-order valence-corrected chi connectivity index (χ2v) is 5.60. The van der Waals surface area contributed by atoms with Gasteiger partial charge < -0.3 is 14.5 Å². The number of esters is 1. The molecule has 0 aliphatic carbocycles. The summed E-state index contributed by atoms with van der Waals surface area (Å²) < 4.78 is 10.3. The lowest BCUT2D eigenvalue weighted by Crippen LogP contribution is -2.13. The van der Waals surface area contributed by atoms with E-state index in [2.05, 4.69) is 11.9 Å². The monoisotopic (exact) mass is 337 g/mol. The molecule has 3 aromatic rings. The number of hydrogen-bond acceptors (Lipinski definition) is 4. The van der Waals surface area contributed by atoms with Crippen molar-refractivity contribution in [1.29, 1.82) is 0 Å². The van der Waals surface area contributed by atoms with Crippen LogP contribution in [-0.4, -0.2) is 30.5 Å². The second-order valence-electron chi connectivity index (χ2n) is 5.60. The lowest BCUT2D eigenvalue weighted by Gasteiger charge is -2.09. The predicted octanol–water partition coefficient (Wildman–Crippen LogP) is 3.78. The predicted molar refractivity (Wildman–Crippen MR) is 95.3 cm³/mol. The second kappa shape index (κ2) is 7.21. The molecule has 1 aromatic heterocycles. The first-order valence-electron chi connectivity index (χ1n) is 8.08. The van der Waals surface area contributed by atoms with Crippen LogP contribution in [0, 0.1) is 0 Å². The highest BCUT2D eigenvalue weighted by atomic mass is 16.5. The summed E-state index contributed by atoms with van der Waals surface area (Å²) in [6.07, 6.45) is 2.59. The fourth-order valence-electron chi connectivity index (χ4n) is 2.83. The molecule has 0 aliphatic rings. The maximum atomic E-state index is 12.6. The SMILES string of the molecule is CCc1cccc2c(C(=O)COc3ccccc3C(=O)OC)c[nH]c12. The van der Waals surface area contributed by atoms with Crippen LogP contribution in [0.5, 0.6) is 5.75 Å². The Bertz CT molecular complexity index is 926. The zero-order valence-corrected chi connectivity index (χ0v) is 14.2. The normalized spacial score (nSPS) is 10.6. The van der Waals surface area contributed by atoms with Crippen LogP contribution in [0.4, 0.5) is 0 Å². The molecule has 0 spiro atoms. The number of carbonyl (C=O) groups is 2. The molecule has 0 atom stereocenters. The third-order valence-corrected chi connectivity index (χ3v) is 4.13. The molecule has 1 heterocycles. The number of aromatic nitrogens is 1. The van der Waals surface area contributed by atoms with Gasteiger partial charge in [0.25, 0.3) is 0 Å². The van der Waals surface area contributed by atoms with E-state index in [1.165, 1.54) is 7.11 Å². The highest BCUT2D eigenvalue weighted by Gasteiger charge is 2.17. The Morgan fingerprint density at radius 3 is 2.60 bits per heavy atom. The molecule has 5 nitrogen and oxygen atoms in total. The highest BCUT2D eigenvalue weighted by molar-refractivity contribution is 6.09. The van der Waals surface area contributed by atoms with E-state index in [0.29, 0.717) is 16.9 Å². The van der Waals surface area contributed by atoms with Gasteiger partial charge >= 0.3 is 5.97 Å². The number of hydrogen-bond donors (Lipinski definition) is 1. The molecule has 0 fully saturated rings. The van der Waals surface area contributed by atoms with Crippen molar-refractivity contribution in [3.05, 3.63) is 65.4 Å². The summed E-state index contributed by atoms with van der Waals surface area (Å²) in [6.45, 7) is 1.92. The number of benzene rings is 2. The molecule has 0 saturated heterocycles. The third-order valence-electron chi connectivity index (χ3n) is 4.13. The van der Waals surface area contributed by atoms with Gasteiger partial charge in [-0.1, -0.05) is 37.3 Å². The molecule has 0 saturated carbocycles. The number of ketones is 1. The number of aromatic amines is 1. The number of ether oxygens (including phenoxy) is 2. The van der Waals surface area contributed by atoms with Crippen molar-refractivity contribution in [1.82, 2.24) is 4.98 Å². The van der Waals surface area contributed by atoms with Gasteiger partial charge in [-0.2, -0.15) is 0 Å². The van der Waals surface area contributed by atoms with Crippen molar-refractivity contribution >= 4 is 22.7 Å². The lowest BCUT2D eigenvalue weighted by atomic mass is 10.1. The van der Waals surface area contributed by atoms with Crippen molar-refractivity contribution < 1.29 is 19.1 Å². The molecule has 0 aliphatic heterocycles. The van der Waals surface area contributed by atoms with Gasteiger partial charge in [0, 0.05) is 22.7 Å². The zero-order valence-electron chi connectivity index (χ0n) is 14.2. The minimum absolute atomic E-state index is 0.154. The zero-order chi connectivity index (χ0) is 17.8. The number of rotatable bonds is 6. The number of carbonyl (C=O) groups excluding carboxylic acids is 2. The van der Waals surface area contributed by atoms with Crippen molar-refractivity contribution in [3.8, 4) is 5.75 Å². The van der Waals surface area contributed by atoms with Crippen LogP contribution in [0.15, 0.2) is 48.7 Å². The van der Waals surface area contributed by atoms with Crippen LogP contribution < -0.4 is 4.74 Å². The van der Waals surface area contributed by atoms with Crippen LogP contribution in [0.25, 0.3) is 10.9 Å². The van der Waals surface area contributed by atoms with E-state index >= 15 is 0 Å². The van der Waals surface area contributed by atoms with Crippen molar-refractivity contribution in [2.24, 2.45) is 0 Å². The topological polar surface area (TPSA) is 68.4 Å². The third kappa shape index (κ3) is 3.26. The maximum absolute atomic E-state index is 12.6.